The second kappa shape index (κ2) is 5.49. The predicted molar refractivity (Wildman–Crippen MR) is 49.2 cm³/mol. The Morgan fingerprint density at radius 3 is 1.91 bits per heavy atom. The van der Waals surface area contributed by atoms with Crippen molar-refractivity contribution in [2.24, 2.45) is 0 Å². The number of aldehydes is 1. The zero-order chi connectivity index (χ0) is 8.74. The topological polar surface area (TPSA) is 26.3 Å². The largest absolute Gasteiger partial charge is 0.410 e. The summed E-state index contributed by atoms with van der Waals surface area (Å²) in [5.41, 5.74) is 0. The molecular weight excluding hydrogens is 156 g/mol. The first kappa shape index (κ1) is 10.8. The van der Waals surface area contributed by atoms with Crippen LogP contribution in [-0.2, 0) is 9.22 Å². The van der Waals surface area contributed by atoms with Gasteiger partial charge in [0.2, 0.25) is 0 Å². The van der Waals surface area contributed by atoms with Crippen LogP contribution in [0.1, 0.15) is 20.8 Å². The van der Waals surface area contributed by atoms with E-state index < -0.39 is 8.32 Å². The van der Waals surface area contributed by atoms with Crippen LogP contribution in [0.4, 0.5) is 0 Å². The van der Waals surface area contributed by atoms with E-state index in [1.54, 1.807) is 0 Å². The van der Waals surface area contributed by atoms with Crippen molar-refractivity contribution in [1.82, 2.24) is 0 Å². The second-order valence-electron chi connectivity index (χ2n) is 2.72. The van der Waals surface area contributed by atoms with Gasteiger partial charge in [-0.15, -0.1) is 0 Å². The smallest absolute Gasteiger partial charge is 0.192 e. The molecule has 0 aliphatic rings. The van der Waals surface area contributed by atoms with Crippen LogP contribution in [0.5, 0.6) is 0 Å². The van der Waals surface area contributed by atoms with Crippen LogP contribution >= 0.6 is 0 Å². The summed E-state index contributed by atoms with van der Waals surface area (Å²) in [5, 5.41) is 0. The van der Waals surface area contributed by atoms with E-state index in [1.165, 1.54) is 0 Å². The lowest BCUT2D eigenvalue weighted by Gasteiger charge is -2.26. The Balaban J connectivity index is 3.93. The lowest BCUT2D eigenvalue weighted by molar-refractivity contribution is -0.109. The Morgan fingerprint density at radius 1 is 1.18 bits per heavy atom. The predicted octanol–water partition coefficient (Wildman–Crippen LogP) is 2.21. The molecule has 0 aromatic heterocycles. The number of hydrogen-bond donors (Lipinski definition) is 0. The van der Waals surface area contributed by atoms with E-state index in [1.807, 2.05) is 0 Å². The number of carbonyl (C=O) groups is 1. The fraction of sp³-hybridized carbons (Fsp3) is 0.875. The molecule has 0 unspecified atom stereocenters. The summed E-state index contributed by atoms with van der Waals surface area (Å²) in [6.07, 6.45) is 0.850. The standard InChI is InChI=1S/C8H18O2Si/c1-4-11(5-2,6-3)10-8-7-9/h7H,4-6,8H2,1-3H3. The molecule has 66 valence electrons. The van der Waals surface area contributed by atoms with Gasteiger partial charge in [-0.25, -0.2) is 0 Å². The molecule has 0 radical (unpaired) electrons. The SMILES string of the molecule is CC[Si](CC)(CC)OCC=O. The number of hydrogen-bond acceptors (Lipinski definition) is 2. The summed E-state index contributed by atoms with van der Waals surface area (Å²) < 4.78 is 5.60. The first-order valence-electron chi connectivity index (χ1n) is 4.32. The van der Waals surface area contributed by atoms with Gasteiger partial charge in [-0.3, -0.25) is 0 Å². The number of rotatable bonds is 6. The van der Waals surface area contributed by atoms with Gasteiger partial charge in [0, 0.05) is 0 Å². The van der Waals surface area contributed by atoms with Crippen molar-refractivity contribution in [3.8, 4) is 0 Å². The van der Waals surface area contributed by atoms with Gasteiger partial charge in [0.25, 0.3) is 0 Å². The molecule has 0 heterocycles. The molecule has 0 rings (SSSR count). The van der Waals surface area contributed by atoms with Crippen LogP contribution < -0.4 is 0 Å². The van der Waals surface area contributed by atoms with Crippen LogP contribution in [0, 0.1) is 0 Å². The average molecular weight is 174 g/mol. The van der Waals surface area contributed by atoms with Gasteiger partial charge in [-0.05, 0) is 18.1 Å². The maximum Gasteiger partial charge on any atom is 0.192 e. The summed E-state index contributed by atoms with van der Waals surface area (Å²) in [7, 11) is -1.47. The Hall–Kier alpha value is -0.153. The van der Waals surface area contributed by atoms with Gasteiger partial charge >= 0.3 is 0 Å². The second-order valence-corrected chi connectivity index (χ2v) is 7.50. The summed E-state index contributed by atoms with van der Waals surface area (Å²) in [4.78, 5) is 10.1. The molecule has 0 aromatic carbocycles. The minimum Gasteiger partial charge on any atom is -0.410 e. The van der Waals surface area contributed by atoms with Crippen LogP contribution in [0.3, 0.4) is 0 Å². The van der Waals surface area contributed by atoms with E-state index in [-0.39, 0.29) is 0 Å². The Labute approximate surface area is 70.1 Å². The lowest BCUT2D eigenvalue weighted by Crippen LogP contribution is -2.36. The van der Waals surface area contributed by atoms with Gasteiger partial charge in [-0.1, -0.05) is 20.8 Å². The zero-order valence-electron chi connectivity index (χ0n) is 7.72. The summed E-state index contributed by atoms with van der Waals surface area (Å²) in [6.45, 7) is 6.76. The van der Waals surface area contributed by atoms with E-state index in [0.29, 0.717) is 6.61 Å². The van der Waals surface area contributed by atoms with E-state index in [4.69, 9.17) is 4.43 Å². The van der Waals surface area contributed by atoms with Crippen molar-refractivity contribution in [2.75, 3.05) is 6.61 Å². The molecule has 0 fully saturated rings. The maximum absolute atomic E-state index is 10.1. The molecule has 0 aliphatic heterocycles. The van der Waals surface area contributed by atoms with E-state index >= 15 is 0 Å². The van der Waals surface area contributed by atoms with Gasteiger partial charge in [-0.2, -0.15) is 0 Å². The maximum atomic E-state index is 10.1. The molecule has 3 heteroatoms. The lowest BCUT2D eigenvalue weighted by atomic mass is 10.9. The monoisotopic (exact) mass is 174 g/mol. The van der Waals surface area contributed by atoms with Crippen molar-refractivity contribution in [2.45, 2.75) is 38.9 Å². The van der Waals surface area contributed by atoms with Crippen LogP contribution in [0.2, 0.25) is 18.1 Å². The molecule has 11 heavy (non-hydrogen) atoms. The molecule has 0 amide bonds. The van der Waals surface area contributed by atoms with Gasteiger partial charge in [0.05, 0.1) is 6.61 Å². The van der Waals surface area contributed by atoms with Gasteiger partial charge in [0.1, 0.15) is 6.29 Å². The highest BCUT2D eigenvalue weighted by Crippen LogP contribution is 2.20. The molecular formula is C8H18O2Si. The third kappa shape index (κ3) is 3.16. The molecule has 0 spiro atoms. The third-order valence-electron chi connectivity index (χ3n) is 2.39. The van der Waals surface area contributed by atoms with E-state index in [0.717, 1.165) is 24.4 Å². The summed E-state index contributed by atoms with van der Waals surface area (Å²) in [5.74, 6) is 0. The van der Waals surface area contributed by atoms with Crippen LogP contribution in [0.15, 0.2) is 0 Å². The molecule has 0 aromatic rings. The Bertz CT molecular complexity index is 102. The van der Waals surface area contributed by atoms with Gasteiger partial charge in [0.15, 0.2) is 8.32 Å². The molecule has 0 saturated heterocycles. The molecule has 0 N–H and O–H groups in total. The van der Waals surface area contributed by atoms with E-state index in [2.05, 4.69) is 20.8 Å². The van der Waals surface area contributed by atoms with Crippen molar-refractivity contribution in [3.63, 3.8) is 0 Å². The van der Waals surface area contributed by atoms with Crippen molar-refractivity contribution >= 4 is 14.6 Å². The fourth-order valence-electron chi connectivity index (χ4n) is 1.27. The van der Waals surface area contributed by atoms with Crippen molar-refractivity contribution in [3.05, 3.63) is 0 Å². The van der Waals surface area contributed by atoms with Gasteiger partial charge < -0.3 is 9.22 Å². The number of carbonyl (C=O) groups excluding carboxylic acids is 1. The zero-order valence-corrected chi connectivity index (χ0v) is 8.72. The normalized spacial score (nSPS) is 11.5. The molecule has 0 atom stereocenters. The highest BCUT2D eigenvalue weighted by molar-refractivity contribution is 6.73. The molecule has 0 aliphatic carbocycles. The Morgan fingerprint density at radius 2 is 1.64 bits per heavy atom. The van der Waals surface area contributed by atoms with Crippen LogP contribution in [-0.4, -0.2) is 21.2 Å². The highest BCUT2D eigenvalue weighted by Gasteiger charge is 2.27. The van der Waals surface area contributed by atoms with Crippen molar-refractivity contribution in [1.29, 1.82) is 0 Å². The first-order valence-corrected chi connectivity index (χ1v) is 6.85. The minimum atomic E-state index is -1.47. The highest BCUT2D eigenvalue weighted by atomic mass is 28.4. The van der Waals surface area contributed by atoms with Crippen LogP contribution in [0.25, 0.3) is 0 Å². The first-order chi connectivity index (χ1) is 5.24. The fourth-order valence-corrected chi connectivity index (χ4v) is 3.80. The Kier molecular flexibility index (Phi) is 5.41. The summed E-state index contributed by atoms with van der Waals surface area (Å²) in [6, 6.07) is 3.36. The van der Waals surface area contributed by atoms with E-state index in [9.17, 15) is 4.79 Å². The quantitative estimate of drug-likeness (QED) is 0.456. The molecule has 0 bridgehead atoms. The molecule has 0 saturated carbocycles. The average Bonchev–Trinajstić information content (AvgIpc) is 2.08. The van der Waals surface area contributed by atoms with Crippen molar-refractivity contribution < 1.29 is 9.22 Å². The molecule has 2 nitrogen and oxygen atoms in total. The third-order valence-corrected chi connectivity index (χ3v) is 7.04. The summed E-state index contributed by atoms with van der Waals surface area (Å²) >= 11 is 0. The minimum absolute atomic E-state index is 0.293.